The van der Waals surface area contributed by atoms with Crippen molar-refractivity contribution in [3.8, 4) is 5.75 Å². The van der Waals surface area contributed by atoms with Crippen LogP contribution < -0.4 is 14.5 Å². The topological polar surface area (TPSA) is 36.0 Å². The van der Waals surface area contributed by atoms with Gasteiger partial charge in [-0.05, 0) is 36.6 Å². The van der Waals surface area contributed by atoms with Crippen LogP contribution in [0.4, 0.5) is 11.4 Å². The number of methoxy groups -OCH3 is 1. The van der Waals surface area contributed by atoms with E-state index < -0.39 is 0 Å². The summed E-state index contributed by atoms with van der Waals surface area (Å²) in [4.78, 5) is 19.4. The summed E-state index contributed by atoms with van der Waals surface area (Å²) < 4.78 is 5.48. The molecule has 5 heteroatoms. The Kier molecular flexibility index (Phi) is 5.19. The van der Waals surface area contributed by atoms with Gasteiger partial charge in [-0.15, -0.1) is 0 Å². The van der Waals surface area contributed by atoms with E-state index in [2.05, 4.69) is 40.1 Å². The molecule has 1 amide bonds. The van der Waals surface area contributed by atoms with Crippen molar-refractivity contribution in [2.45, 2.75) is 12.8 Å². The zero-order chi connectivity index (χ0) is 18.6. The second-order valence-corrected chi connectivity index (χ2v) is 7.19. The first-order chi connectivity index (χ1) is 13.3. The number of rotatable bonds is 4. The molecule has 5 nitrogen and oxygen atoms in total. The fourth-order valence-electron chi connectivity index (χ4n) is 4.13. The molecule has 2 aromatic carbocycles. The summed E-state index contributed by atoms with van der Waals surface area (Å²) in [6.45, 7) is 4.62. The number of carbonyl (C=O) groups excluding carboxylic acids is 1. The lowest BCUT2D eigenvalue weighted by atomic mass is 10.0. The zero-order valence-electron chi connectivity index (χ0n) is 15.9. The van der Waals surface area contributed by atoms with Gasteiger partial charge in [0.05, 0.1) is 19.3 Å². The molecule has 142 valence electrons. The molecule has 0 bridgehead atoms. The maximum Gasteiger partial charge on any atom is 0.242 e. The van der Waals surface area contributed by atoms with Gasteiger partial charge in [-0.25, -0.2) is 0 Å². The third kappa shape index (κ3) is 3.72. The number of hydrogen-bond donors (Lipinski definition) is 0. The maximum absolute atomic E-state index is 12.9. The van der Waals surface area contributed by atoms with Gasteiger partial charge in [-0.1, -0.05) is 30.3 Å². The maximum atomic E-state index is 12.9. The SMILES string of the molecule is COc1ccccc1N1CCN(C(=O)CN2CCCc3ccccc32)CC1. The molecule has 0 unspecified atom stereocenters. The number of fused-ring (bicyclic) bond motifs is 1. The molecule has 0 saturated carbocycles. The summed E-state index contributed by atoms with van der Waals surface area (Å²) in [5.41, 5.74) is 3.69. The second-order valence-electron chi connectivity index (χ2n) is 7.19. The Morgan fingerprint density at radius 3 is 2.41 bits per heavy atom. The highest BCUT2D eigenvalue weighted by Crippen LogP contribution is 2.29. The van der Waals surface area contributed by atoms with E-state index in [9.17, 15) is 4.79 Å². The van der Waals surface area contributed by atoms with Gasteiger partial charge in [0.15, 0.2) is 0 Å². The van der Waals surface area contributed by atoms with Crippen LogP contribution >= 0.6 is 0 Å². The van der Waals surface area contributed by atoms with Crippen LogP contribution in [-0.2, 0) is 11.2 Å². The number of benzene rings is 2. The lowest BCUT2D eigenvalue weighted by molar-refractivity contribution is -0.130. The molecule has 0 aliphatic carbocycles. The standard InChI is InChI=1S/C22H27N3O2/c1-27-21-11-5-4-10-20(21)23-13-15-24(16-14-23)22(26)17-25-12-6-8-18-7-2-3-9-19(18)25/h2-5,7,9-11H,6,8,12-17H2,1H3. The number of anilines is 2. The zero-order valence-corrected chi connectivity index (χ0v) is 15.9. The molecular weight excluding hydrogens is 338 g/mol. The number of hydrogen-bond acceptors (Lipinski definition) is 4. The molecule has 0 radical (unpaired) electrons. The van der Waals surface area contributed by atoms with E-state index in [-0.39, 0.29) is 5.91 Å². The first-order valence-corrected chi connectivity index (χ1v) is 9.75. The summed E-state index contributed by atoms with van der Waals surface area (Å²) >= 11 is 0. The van der Waals surface area contributed by atoms with Crippen LogP contribution in [-0.4, -0.2) is 57.2 Å². The number of piperazine rings is 1. The van der Waals surface area contributed by atoms with Crippen molar-refractivity contribution in [1.29, 1.82) is 0 Å². The molecule has 2 aliphatic heterocycles. The lowest BCUT2D eigenvalue weighted by Gasteiger charge is -2.38. The summed E-state index contributed by atoms with van der Waals surface area (Å²) in [5, 5.41) is 0. The normalized spacial score (nSPS) is 16.9. The number of aryl methyl sites for hydroxylation is 1. The van der Waals surface area contributed by atoms with Crippen LogP contribution in [0.5, 0.6) is 5.75 Å². The van der Waals surface area contributed by atoms with Crippen LogP contribution in [0.1, 0.15) is 12.0 Å². The Hall–Kier alpha value is -2.69. The molecule has 1 fully saturated rings. The van der Waals surface area contributed by atoms with E-state index >= 15 is 0 Å². The van der Waals surface area contributed by atoms with Gasteiger partial charge in [0.25, 0.3) is 0 Å². The minimum absolute atomic E-state index is 0.228. The Balaban J connectivity index is 1.37. The van der Waals surface area contributed by atoms with E-state index in [0.717, 1.165) is 57.0 Å². The molecule has 4 rings (SSSR count). The second kappa shape index (κ2) is 7.91. The third-order valence-corrected chi connectivity index (χ3v) is 5.59. The van der Waals surface area contributed by atoms with Crippen molar-refractivity contribution >= 4 is 17.3 Å². The van der Waals surface area contributed by atoms with Crippen molar-refractivity contribution in [3.05, 3.63) is 54.1 Å². The molecule has 0 atom stereocenters. The van der Waals surface area contributed by atoms with Crippen molar-refractivity contribution in [2.24, 2.45) is 0 Å². The number of nitrogens with zero attached hydrogens (tertiary/aromatic N) is 3. The average Bonchev–Trinajstić information content (AvgIpc) is 2.74. The molecule has 2 aromatic rings. The summed E-state index contributed by atoms with van der Waals surface area (Å²) in [5.74, 6) is 1.12. The molecule has 0 spiro atoms. The summed E-state index contributed by atoms with van der Waals surface area (Å²) in [6, 6.07) is 16.6. The lowest BCUT2D eigenvalue weighted by Crippen LogP contribution is -2.51. The Morgan fingerprint density at radius 1 is 0.926 bits per heavy atom. The Morgan fingerprint density at radius 2 is 1.63 bits per heavy atom. The predicted octanol–water partition coefficient (Wildman–Crippen LogP) is 2.80. The van der Waals surface area contributed by atoms with Crippen molar-refractivity contribution in [2.75, 3.05) is 56.2 Å². The monoisotopic (exact) mass is 365 g/mol. The highest BCUT2D eigenvalue weighted by molar-refractivity contribution is 5.82. The van der Waals surface area contributed by atoms with Gasteiger partial charge in [0.2, 0.25) is 5.91 Å². The highest BCUT2D eigenvalue weighted by Gasteiger charge is 2.25. The van der Waals surface area contributed by atoms with Gasteiger partial charge < -0.3 is 19.4 Å². The van der Waals surface area contributed by atoms with Gasteiger partial charge >= 0.3 is 0 Å². The predicted molar refractivity (Wildman–Crippen MR) is 109 cm³/mol. The van der Waals surface area contributed by atoms with Crippen LogP contribution in [0.25, 0.3) is 0 Å². The Bertz CT molecular complexity index is 800. The van der Waals surface area contributed by atoms with E-state index in [1.54, 1.807) is 7.11 Å². The van der Waals surface area contributed by atoms with Gasteiger partial charge in [0, 0.05) is 38.4 Å². The summed E-state index contributed by atoms with van der Waals surface area (Å²) in [6.07, 6.45) is 2.23. The van der Waals surface area contributed by atoms with Crippen LogP contribution in [0.3, 0.4) is 0 Å². The molecule has 2 heterocycles. The van der Waals surface area contributed by atoms with Gasteiger partial charge in [0.1, 0.15) is 5.75 Å². The minimum atomic E-state index is 0.228. The molecule has 0 aromatic heterocycles. The fourth-order valence-corrected chi connectivity index (χ4v) is 4.13. The molecule has 27 heavy (non-hydrogen) atoms. The number of para-hydroxylation sites is 3. The van der Waals surface area contributed by atoms with Crippen LogP contribution in [0.15, 0.2) is 48.5 Å². The molecule has 1 saturated heterocycles. The Labute approximate surface area is 161 Å². The first kappa shape index (κ1) is 17.7. The number of amides is 1. The highest BCUT2D eigenvalue weighted by atomic mass is 16.5. The van der Waals surface area contributed by atoms with E-state index in [4.69, 9.17) is 4.74 Å². The van der Waals surface area contributed by atoms with Crippen LogP contribution in [0, 0.1) is 0 Å². The van der Waals surface area contributed by atoms with Crippen molar-refractivity contribution < 1.29 is 9.53 Å². The number of ether oxygens (including phenoxy) is 1. The average molecular weight is 365 g/mol. The minimum Gasteiger partial charge on any atom is -0.495 e. The van der Waals surface area contributed by atoms with E-state index in [0.29, 0.717) is 6.54 Å². The first-order valence-electron chi connectivity index (χ1n) is 9.75. The number of carbonyl (C=O) groups is 1. The third-order valence-electron chi connectivity index (χ3n) is 5.59. The van der Waals surface area contributed by atoms with E-state index in [1.807, 2.05) is 23.1 Å². The smallest absolute Gasteiger partial charge is 0.242 e. The van der Waals surface area contributed by atoms with Gasteiger partial charge in [-0.3, -0.25) is 4.79 Å². The van der Waals surface area contributed by atoms with Crippen molar-refractivity contribution in [3.63, 3.8) is 0 Å². The molecule has 2 aliphatic rings. The fraction of sp³-hybridized carbons (Fsp3) is 0.409. The summed E-state index contributed by atoms with van der Waals surface area (Å²) in [7, 11) is 1.70. The quantitative estimate of drug-likeness (QED) is 0.835. The van der Waals surface area contributed by atoms with Gasteiger partial charge in [-0.2, -0.15) is 0 Å². The van der Waals surface area contributed by atoms with E-state index in [1.165, 1.54) is 11.3 Å². The molecular formula is C22H27N3O2. The molecule has 0 N–H and O–H groups in total. The van der Waals surface area contributed by atoms with Crippen LogP contribution in [0.2, 0.25) is 0 Å². The largest absolute Gasteiger partial charge is 0.495 e. The van der Waals surface area contributed by atoms with Crippen molar-refractivity contribution in [1.82, 2.24) is 4.90 Å².